The molecule has 1 heterocycles. The molecule has 0 aliphatic heterocycles. The minimum Gasteiger partial charge on any atom is -0.497 e. The summed E-state index contributed by atoms with van der Waals surface area (Å²) < 4.78 is 7.04. The lowest BCUT2D eigenvalue weighted by molar-refractivity contribution is -0.115. The van der Waals surface area contributed by atoms with Crippen LogP contribution in [-0.4, -0.2) is 33.0 Å². The molecule has 8 heteroatoms. The Hall–Kier alpha value is -2.51. The van der Waals surface area contributed by atoms with E-state index in [0.717, 1.165) is 11.4 Å². The summed E-state index contributed by atoms with van der Waals surface area (Å²) >= 11 is 7.28. The third kappa shape index (κ3) is 4.61. The van der Waals surface area contributed by atoms with Gasteiger partial charge in [0.25, 0.3) is 0 Å². The monoisotopic (exact) mass is 402 g/mol. The molecular formula is C19H19ClN4O2S. The molecule has 1 atom stereocenters. The number of carbonyl (C=O) groups excluding carboxylic acids is 1. The molecule has 0 bridgehead atoms. The van der Waals surface area contributed by atoms with E-state index in [4.69, 9.17) is 16.3 Å². The molecule has 0 radical (unpaired) electrons. The van der Waals surface area contributed by atoms with Gasteiger partial charge in [-0.1, -0.05) is 29.4 Å². The van der Waals surface area contributed by atoms with Crippen molar-refractivity contribution in [3.8, 4) is 17.1 Å². The van der Waals surface area contributed by atoms with Crippen LogP contribution in [0.3, 0.4) is 0 Å². The van der Waals surface area contributed by atoms with Gasteiger partial charge in [0.2, 0.25) is 5.91 Å². The van der Waals surface area contributed by atoms with Gasteiger partial charge in [-0.15, -0.1) is 10.2 Å². The van der Waals surface area contributed by atoms with Crippen molar-refractivity contribution in [1.29, 1.82) is 0 Å². The van der Waals surface area contributed by atoms with Crippen LogP contribution in [0.2, 0.25) is 5.02 Å². The van der Waals surface area contributed by atoms with Gasteiger partial charge in [-0.25, -0.2) is 0 Å². The van der Waals surface area contributed by atoms with E-state index in [2.05, 4.69) is 15.5 Å². The summed E-state index contributed by atoms with van der Waals surface area (Å²) in [6.07, 6.45) is 0. The molecule has 6 nitrogen and oxygen atoms in total. The number of nitrogens with one attached hydrogen (secondary N) is 1. The predicted octanol–water partition coefficient (Wildman–Crippen LogP) is 4.26. The second-order valence-electron chi connectivity index (χ2n) is 5.85. The van der Waals surface area contributed by atoms with E-state index < -0.39 is 0 Å². The van der Waals surface area contributed by atoms with E-state index in [1.54, 1.807) is 13.2 Å². The number of benzene rings is 2. The number of hydrogen-bond acceptors (Lipinski definition) is 5. The van der Waals surface area contributed by atoms with Crippen molar-refractivity contribution in [2.45, 2.75) is 17.3 Å². The Morgan fingerprint density at radius 1 is 1.22 bits per heavy atom. The molecule has 0 unspecified atom stereocenters. The first kappa shape index (κ1) is 19.3. The van der Waals surface area contributed by atoms with Crippen LogP contribution in [0.5, 0.6) is 5.75 Å². The van der Waals surface area contributed by atoms with Crippen molar-refractivity contribution in [3.63, 3.8) is 0 Å². The normalized spacial score (nSPS) is 11.9. The SMILES string of the molecule is COc1cccc(NC(=O)[C@@H](C)Sc2nnc(-c3ccc(Cl)cc3)n2C)c1. The van der Waals surface area contributed by atoms with E-state index in [-0.39, 0.29) is 11.2 Å². The van der Waals surface area contributed by atoms with Crippen molar-refractivity contribution < 1.29 is 9.53 Å². The van der Waals surface area contributed by atoms with E-state index in [1.807, 2.05) is 61.0 Å². The lowest BCUT2D eigenvalue weighted by Gasteiger charge is -2.12. The van der Waals surface area contributed by atoms with Gasteiger partial charge in [-0.05, 0) is 43.3 Å². The molecule has 3 aromatic rings. The Labute approximate surface area is 166 Å². The van der Waals surface area contributed by atoms with Crippen LogP contribution in [0.15, 0.2) is 53.7 Å². The summed E-state index contributed by atoms with van der Waals surface area (Å²) in [6, 6.07) is 14.6. The Balaban J connectivity index is 1.69. The number of halogens is 1. The second-order valence-corrected chi connectivity index (χ2v) is 7.60. The molecular weight excluding hydrogens is 384 g/mol. The van der Waals surface area contributed by atoms with Gasteiger partial charge in [0.1, 0.15) is 5.75 Å². The van der Waals surface area contributed by atoms with Crippen LogP contribution in [0.25, 0.3) is 11.4 Å². The summed E-state index contributed by atoms with van der Waals surface area (Å²) in [5, 5.41) is 12.3. The largest absolute Gasteiger partial charge is 0.497 e. The Kier molecular flexibility index (Phi) is 6.03. The lowest BCUT2D eigenvalue weighted by atomic mass is 10.2. The standard InChI is InChI=1S/C19H19ClN4O2S/c1-12(18(25)21-15-5-4-6-16(11-15)26-3)27-19-23-22-17(24(19)2)13-7-9-14(20)10-8-13/h4-12H,1-3H3,(H,21,25)/t12-/m1/s1. The molecule has 0 aliphatic rings. The van der Waals surface area contributed by atoms with Crippen molar-refractivity contribution in [1.82, 2.24) is 14.8 Å². The number of ether oxygens (including phenoxy) is 1. The topological polar surface area (TPSA) is 69.0 Å². The van der Waals surface area contributed by atoms with Crippen molar-refractivity contribution >= 4 is 35.0 Å². The first-order chi connectivity index (χ1) is 13.0. The van der Waals surface area contributed by atoms with Crippen molar-refractivity contribution in [3.05, 3.63) is 53.6 Å². The zero-order valence-electron chi connectivity index (χ0n) is 15.1. The van der Waals surface area contributed by atoms with E-state index in [9.17, 15) is 4.79 Å². The van der Waals surface area contributed by atoms with Gasteiger partial charge in [-0.2, -0.15) is 0 Å². The van der Waals surface area contributed by atoms with E-state index in [0.29, 0.717) is 21.6 Å². The quantitative estimate of drug-likeness (QED) is 0.624. The number of carbonyl (C=O) groups is 1. The fraction of sp³-hybridized carbons (Fsp3) is 0.211. The molecule has 1 N–H and O–H groups in total. The minimum absolute atomic E-state index is 0.121. The minimum atomic E-state index is -0.350. The second kappa shape index (κ2) is 8.45. The maximum Gasteiger partial charge on any atom is 0.237 e. The summed E-state index contributed by atoms with van der Waals surface area (Å²) in [7, 11) is 3.46. The predicted molar refractivity (Wildman–Crippen MR) is 108 cm³/mol. The fourth-order valence-corrected chi connectivity index (χ4v) is 3.36. The maximum absolute atomic E-state index is 12.5. The first-order valence-electron chi connectivity index (χ1n) is 8.25. The van der Waals surface area contributed by atoms with Gasteiger partial charge in [0.05, 0.1) is 12.4 Å². The van der Waals surface area contributed by atoms with Crippen LogP contribution in [0.4, 0.5) is 5.69 Å². The van der Waals surface area contributed by atoms with Crippen LogP contribution in [-0.2, 0) is 11.8 Å². The Morgan fingerprint density at radius 3 is 2.67 bits per heavy atom. The molecule has 1 aromatic heterocycles. The highest BCUT2D eigenvalue weighted by molar-refractivity contribution is 8.00. The molecule has 140 valence electrons. The first-order valence-corrected chi connectivity index (χ1v) is 9.50. The molecule has 0 saturated carbocycles. The molecule has 0 fully saturated rings. The number of hydrogen-bond donors (Lipinski definition) is 1. The lowest BCUT2D eigenvalue weighted by Crippen LogP contribution is -2.22. The number of amides is 1. The third-order valence-corrected chi connectivity index (χ3v) is 5.31. The zero-order chi connectivity index (χ0) is 19.4. The van der Waals surface area contributed by atoms with Gasteiger partial charge in [0, 0.05) is 29.4 Å². The highest BCUT2D eigenvalue weighted by atomic mass is 35.5. The number of methoxy groups -OCH3 is 1. The average Bonchev–Trinajstić information content (AvgIpc) is 3.03. The summed E-state index contributed by atoms with van der Waals surface area (Å²) in [5.74, 6) is 1.29. The van der Waals surface area contributed by atoms with Crippen molar-refractivity contribution in [2.24, 2.45) is 7.05 Å². The van der Waals surface area contributed by atoms with Gasteiger partial charge >= 0.3 is 0 Å². The third-order valence-electron chi connectivity index (χ3n) is 3.93. The molecule has 1 amide bonds. The average molecular weight is 403 g/mol. The number of aromatic nitrogens is 3. The molecule has 27 heavy (non-hydrogen) atoms. The summed E-state index contributed by atoms with van der Waals surface area (Å²) in [6.45, 7) is 1.83. The Bertz CT molecular complexity index is 943. The smallest absolute Gasteiger partial charge is 0.237 e. The zero-order valence-corrected chi connectivity index (χ0v) is 16.7. The van der Waals surface area contributed by atoms with Crippen LogP contribution < -0.4 is 10.1 Å². The Morgan fingerprint density at radius 2 is 1.96 bits per heavy atom. The molecule has 3 rings (SSSR count). The van der Waals surface area contributed by atoms with Crippen LogP contribution >= 0.6 is 23.4 Å². The van der Waals surface area contributed by atoms with Crippen molar-refractivity contribution in [2.75, 3.05) is 12.4 Å². The molecule has 0 aliphatic carbocycles. The maximum atomic E-state index is 12.5. The number of rotatable bonds is 6. The number of anilines is 1. The van der Waals surface area contributed by atoms with Crippen LogP contribution in [0.1, 0.15) is 6.92 Å². The number of nitrogens with zero attached hydrogens (tertiary/aromatic N) is 3. The fourth-order valence-electron chi connectivity index (χ4n) is 2.42. The summed E-state index contributed by atoms with van der Waals surface area (Å²) in [5.41, 5.74) is 1.60. The van der Waals surface area contributed by atoms with Gasteiger partial charge in [0.15, 0.2) is 11.0 Å². The number of thioether (sulfide) groups is 1. The highest BCUT2D eigenvalue weighted by Crippen LogP contribution is 2.27. The van der Waals surface area contributed by atoms with Crippen LogP contribution in [0, 0.1) is 0 Å². The molecule has 2 aromatic carbocycles. The summed E-state index contributed by atoms with van der Waals surface area (Å²) in [4.78, 5) is 12.5. The van der Waals surface area contributed by atoms with Gasteiger partial charge in [-0.3, -0.25) is 4.79 Å². The molecule has 0 saturated heterocycles. The van der Waals surface area contributed by atoms with E-state index >= 15 is 0 Å². The highest BCUT2D eigenvalue weighted by Gasteiger charge is 2.19. The molecule has 0 spiro atoms. The van der Waals surface area contributed by atoms with Gasteiger partial charge < -0.3 is 14.6 Å². The van der Waals surface area contributed by atoms with E-state index in [1.165, 1.54) is 11.8 Å².